The van der Waals surface area contributed by atoms with Crippen LogP contribution in [0.15, 0.2) is 48.0 Å². The van der Waals surface area contributed by atoms with Gasteiger partial charge in [-0.15, -0.1) is 6.58 Å². The lowest BCUT2D eigenvalue weighted by atomic mass is 9.83. The molecule has 1 aliphatic rings. The lowest BCUT2D eigenvalue weighted by Gasteiger charge is -2.24. The monoisotopic (exact) mass is 241 g/mol. The van der Waals surface area contributed by atoms with Crippen molar-refractivity contribution in [1.29, 1.82) is 0 Å². The van der Waals surface area contributed by atoms with E-state index in [1.54, 1.807) is 0 Å². The minimum atomic E-state index is -0.140. The molecule has 1 nitrogen and oxygen atoms in total. The molecule has 0 aliphatic heterocycles. The Kier molecular flexibility index (Phi) is 4.35. The molecule has 1 aromatic rings. The Morgan fingerprint density at radius 2 is 1.83 bits per heavy atom. The van der Waals surface area contributed by atoms with Crippen LogP contribution in [0.4, 0.5) is 0 Å². The van der Waals surface area contributed by atoms with Gasteiger partial charge < -0.3 is 0 Å². The van der Waals surface area contributed by atoms with E-state index in [4.69, 9.17) is 4.99 Å². The van der Waals surface area contributed by atoms with Crippen LogP contribution < -0.4 is 0 Å². The second-order valence-electron chi connectivity index (χ2n) is 5.42. The van der Waals surface area contributed by atoms with Crippen LogP contribution in [0.1, 0.15) is 44.6 Å². The predicted molar refractivity (Wildman–Crippen MR) is 79.4 cm³/mol. The van der Waals surface area contributed by atoms with Crippen molar-refractivity contribution >= 4 is 6.21 Å². The fourth-order valence-corrected chi connectivity index (χ4v) is 2.53. The molecular weight excluding hydrogens is 218 g/mol. The van der Waals surface area contributed by atoms with E-state index >= 15 is 0 Å². The van der Waals surface area contributed by atoms with E-state index in [9.17, 15) is 0 Å². The van der Waals surface area contributed by atoms with E-state index in [0.29, 0.717) is 6.04 Å². The van der Waals surface area contributed by atoms with E-state index in [0.717, 1.165) is 0 Å². The van der Waals surface area contributed by atoms with Crippen molar-refractivity contribution < 1.29 is 0 Å². The van der Waals surface area contributed by atoms with E-state index in [-0.39, 0.29) is 5.41 Å². The maximum Gasteiger partial charge on any atom is 0.0496 e. The molecule has 0 saturated heterocycles. The number of allylic oxidation sites excluding steroid dienone is 1. The van der Waals surface area contributed by atoms with Gasteiger partial charge in [0, 0.05) is 17.7 Å². The van der Waals surface area contributed by atoms with Crippen LogP contribution in [0.25, 0.3) is 0 Å². The van der Waals surface area contributed by atoms with Gasteiger partial charge in [-0.3, -0.25) is 4.99 Å². The smallest absolute Gasteiger partial charge is 0.0496 e. The van der Waals surface area contributed by atoms with Gasteiger partial charge in [0.2, 0.25) is 0 Å². The Hall–Kier alpha value is -1.37. The van der Waals surface area contributed by atoms with Crippen LogP contribution in [-0.2, 0) is 5.41 Å². The SMILES string of the molecule is C=C[C@](C)(C=NC1CCCCC1)c1ccccc1. The van der Waals surface area contributed by atoms with Crippen molar-refractivity contribution in [2.24, 2.45) is 4.99 Å². The number of rotatable bonds is 4. The van der Waals surface area contributed by atoms with Crippen LogP contribution in [0.2, 0.25) is 0 Å². The van der Waals surface area contributed by atoms with Gasteiger partial charge in [-0.05, 0) is 25.3 Å². The maximum absolute atomic E-state index is 4.81. The Bertz CT molecular complexity index is 401. The lowest BCUT2D eigenvalue weighted by molar-refractivity contribution is 0.443. The fourth-order valence-electron chi connectivity index (χ4n) is 2.53. The molecule has 1 saturated carbocycles. The van der Waals surface area contributed by atoms with Gasteiger partial charge >= 0.3 is 0 Å². The second-order valence-corrected chi connectivity index (χ2v) is 5.42. The maximum atomic E-state index is 4.81. The molecule has 1 fully saturated rings. The fraction of sp³-hybridized carbons (Fsp3) is 0.471. The number of aliphatic imine (C=N–C) groups is 1. The molecule has 1 aliphatic carbocycles. The molecule has 0 unspecified atom stereocenters. The molecule has 18 heavy (non-hydrogen) atoms. The summed E-state index contributed by atoms with van der Waals surface area (Å²) in [4.78, 5) is 4.81. The van der Waals surface area contributed by atoms with Gasteiger partial charge in [0.15, 0.2) is 0 Å². The Morgan fingerprint density at radius 3 is 2.44 bits per heavy atom. The summed E-state index contributed by atoms with van der Waals surface area (Å²) in [6.07, 6.45) is 10.6. The third-order valence-electron chi connectivity index (χ3n) is 3.95. The summed E-state index contributed by atoms with van der Waals surface area (Å²) in [6.45, 7) is 6.16. The third kappa shape index (κ3) is 3.10. The average Bonchev–Trinajstić information content (AvgIpc) is 2.47. The van der Waals surface area contributed by atoms with Gasteiger partial charge in [0.05, 0.1) is 0 Å². The van der Waals surface area contributed by atoms with Crippen molar-refractivity contribution in [2.75, 3.05) is 0 Å². The summed E-state index contributed by atoms with van der Waals surface area (Å²) in [6, 6.07) is 11.0. The lowest BCUT2D eigenvalue weighted by Crippen LogP contribution is -2.22. The Balaban J connectivity index is 2.12. The van der Waals surface area contributed by atoms with Crippen molar-refractivity contribution in [3.05, 3.63) is 48.6 Å². The van der Waals surface area contributed by atoms with Gasteiger partial charge in [-0.25, -0.2) is 0 Å². The minimum absolute atomic E-state index is 0.140. The molecule has 2 rings (SSSR count). The second kappa shape index (κ2) is 5.99. The van der Waals surface area contributed by atoms with E-state index in [2.05, 4.69) is 44.0 Å². The van der Waals surface area contributed by atoms with Crippen molar-refractivity contribution in [1.82, 2.24) is 0 Å². The van der Waals surface area contributed by atoms with Gasteiger partial charge in [-0.1, -0.05) is 55.7 Å². The first kappa shape index (κ1) is 13.1. The summed E-state index contributed by atoms with van der Waals surface area (Å²) >= 11 is 0. The highest BCUT2D eigenvalue weighted by atomic mass is 14.8. The van der Waals surface area contributed by atoms with Crippen LogP contribution in [-0.4, -0.2) is 12.3 Å². The minimum Gasteiger partial charge on any atom is -0.293 e. The molecule has 0 radical (unpaired) electrons. The normalized spacial score (nSPS) is 20.7. The standard InChI is InChI=1S/C17H23N/c1-3-17(2,15-10-6-4-7-11-15)14-18-16-12-8-5-9-13-16/h3-4,6-7,10-11,14,16H,1,5,8-9,12-13H2,2H3/t17-/m1/s1. The number of hydrogen-bond acceptors (Lipinski definition) is 1. The topological polar surface area (TPSA) is 12.4 Å². The summed E-state index contributed by atoms with van der Waals surface area (Å²) in [5.74, 6) is 0. The largest absolute Gasteiger partial charge is 0.293 e. The van der Waals surface area contributed by atoms with Crippen molar-refractivity contribution in [2.45, 2.75) is 50.5 Å². The molecule has 0 bridgehead atoms. The molecular formula is C17H23N. The summed E-state index contributed by atoms with van der Waals surface area (Å²) < 4.78 is 0. The third-order valence-corrected chi connectivity index (χ3v) is 3.95. The first-order valence-electron chi connectivity index (χ1n) is 6.98. The zero-order chi connectivity index (χ0) is 12.8. The average molecular weight is 241 g/mol. The van der Waals surface area contributed by atoms with E-state index < -0.39 is 0 Å². The first-order valence-corrected chi connectivity index (χ1v) is 6.98. The Morgan fingerprint density at radius 1 is 1.17 bits per heavy atom. The molecule has 0 spiro atoms. The summed E-state index contributed by atoms with van der Waals surface area (Å²) in [5, 5.41) is 0. The molecule has 1 heteroatoms. The number of hydrogen-bond donors (Lipinski definition) is 0. The van der Waals surface area contributed by atoms with Crippen molar-refractivity contribution in [3.8, 4) is 0 Å². The van der Waals surface area contributed by atoms with Crippen molar-refractivity contribution in [3.63, 3.8) is 0 Å². The molecule has 0 aromatic heterocycles. The quantitative estimate of drug-likeness (QED) is 0.542. The van der Waals surface area contributed by atoms with Gasteiger partial charge in [0.1, 0.15) is 0 Å². The molecule has 0 N–H and O–H groups in total. The number of nitrogens with zero attached hydrogens (tertiary/aromatic N) is 1. The van der Waals surface area contributed by atoms with Crippen LogP contribution >= 0.6 is 0 Å². The van der Waals surface area contributed by atoms with Crippen LogP contribution in [0, 0.1) is 0 Å². The molecule has 1 aromatic carbocycles. The Labute approximate surface area is 111 Å². The van der Waals surface area contributed by atoms with Crippen LogP contribution in [0.3, 0.4) is 0 Å². The van der Waals surface area contributed by atoms with E-state index in [1.807, 2.05) is 12.1 Å². The summed E-state index contributed by atoms with van der Waals surface area (Å²) in [7, 11) is 0. The zero-order valence-corrected chi connectivity index (χ0v) is 11.3. The predicted octanol–water partition coefficient (Wildman–Crippen LogP) is 4.53. The highest BCUT2D eigenvalue weighted by molar-refractivity contribution is 5.76. The molecule has 0 amide bonds. The molecule has 0 heterocycles. The number of benzene rings is 1. The highest BCUT2D eigenvalue weighted by Gasteiger charge is 2.21. The molecule has 1 atom stereocenters. The molecule has 96 valence electrons. The van der Waals surface area contributed by atoms with Gasteiger partial charge in [-0.2, -0.15) is 0 Å². The summed E-state index contributed by atoms with van der Waals surface area (Å²) in [5.41, 5.74) is 1.12. The first-order chi connectivity index (χ1) is 8.74. The van der Waals surface area contributed by atoms with E-state index in [1.165, 1.54) is 37.7 Å². The zero-order valence-electron chi connectivity index (χ0n) is 11.3. The van der Waals surface area contributed by atoms with Gasteiger partial charge in [0.25, 0.3) is 0 Å². The van der Waals surface area contributed by atoms with Crippen LogP contribution in [0.5, 0.6) is 0 Å². The highest BCUT2D eigenvalue weighted by Crippen LogP contribution is 2.25.